The third kappa shape index (κ3) is 2.01. The van der Waals surface area contributed by atoms with Crippen molar-refractivity contribution < 1.29 is 9.59 Å². The molecule has 116 valence electrons. The van der Waals surface area contributed by atoms with Crippen LogP contribution in [0.4, 0.5) is 0 Å². The zero-order valence-corrected chi connectivity index (χ0v) is 13.6. The quantitative estimate of drug-likeness (QED) is 0.716. The lowest BCUT2D eigenvalue weighted by molar-refractivity contribution is 0.0932. The minimum absolute atomic E-state index is 0.174. The summed E-state index contributed by atoms with van der Waals surface area (Å²) in [4.78, 5) is 24.8. The van der Waals surface area contributed by atoms with Gasteiger partial charge in [-0.3, -0.25) is 9.59 Å². The molecule has 2 aliphatic carbocycles. The maximum Gasteiger partial charge on any atom is 0.163 e. The van der Waals surface area contributed by atoms with Crippen LogP contribution in [0.5, 0.6) is 0 Å². The molecule has 0 saturated heterocycles. The van der Waals surface area contributed by atoms with E-state index < -0.39 is 0 Å². The summed E-state index contributed by atoms with van der Waals surface area (Å²) in [6.07, 6.45) is 2.76. The minimum Gasteiger partial charge on any atom is -0.294 e. The van der Waals surface area contributed by atoms with Crippen LogP contribution in [0.2, 0.25) is 0 Å². The van der Waals surface area contributed by atoms with Gasteiger partial charge in [-0.25, -0.2) is 0 Å². The summed E-state index contributed by atoms with van der Waals surface area (Å²) in [5, 5.41) is 0. The molecule has 0 saturated carbocycles. The molecule has 2 aromatic carbocycles. The second kappa shape index (κ2) is 4.89. The van der Waals surface area contributed by atoms with Crippen LogP contribution in [-0.2, 0) is 5.41 Å². The van der Waals surface area contributed by atoms with E-state index in [1.165, 1.54) is 5.56 Å². The van der Waals surface area contributed by atoms with E-state index in [0.29, 0.717) is 12.8 Å². The molecule has 2 heteroatoms. The monoisotopic (exact) mass is 304 g/mol. The van der Waals surface area contributed by atoms with Crippen LogP contribution >= 0.6 is 0 Å². The summed E-state index contributed by atoms with van der Waals surface area (Å²) < 4.78 is 0. The number of benzene rings is 2. The molecule has 0 N–H and O–H groups in total. The van der Waals surface area contributed by atoms with Crippen LogP contribution in [0.15, 0.2) is 36.4 Å². The summed E-state index contributed by atoms with van der Waals surface area (Å²) in [6.45, 7) is 4.09. The molecule has 1 atom stereocenters. The molecule has 0 fully saturated rings. The number of aryl methyl sites for hydroxylation is 2. The van der Waals surface area contributed by atoms with Gasteiger partial charge in [0.2, 0.25) is 0 Å². The maximum atomic E-state index is 12.4. The number of rotatable bonds is 0. The van der Waals surface area contributed by atoms with Gasteiger partial charge in [-0.1, -0.05) is 41.5 Å². The van der Waals surface area contributed by atoms with Gasteiger partial charge in [-0.2, -0.15) is 0 Å². The van der Waals surface area contributed by atoms with Crippen molar-refractivity contribution in [2.75, 3.05) is 0 Å². The Hall–Kier alpha value is -2.22. The van der Waals surface area contributed by atoms with Crippen molar-refractivity contribution in [3.8, 4) is 0 Å². The van der Waals surface area contributed by atoms with Crippen LogP contribution < -0.4 is 0 Å². The molecule has 2 nitrogen and oxygen atoms in total. The largest absolute Gasteiger partial charge is 0.294 e. The fourth-order valence-corrected chi connectivity index (χ4v) is 4.34. The Morgan fingerprint density at radius 2 is 1.35 bits per heavy atom. The number of fused-ring (bicyclic) bond motifs is 4. The van der Waals surface area contributed by atoms with E-state index in [2.05, 4.69) is 25.1 Å². The van der Waals surface area contributed by atoms with Crippen LogP contribution in [0.25, 0.3) is 0 Å². The highest BCUT2D eigenvalue weighted by molar-refractivity contribution is 6.03. The highest BCUT2D eigenvalue weighted by atomic mass is 16.1. The Morgan fingerprint density at radius 3 is 2.09 bits per heavy atom. The second-order valence-corrected chi connectivity index (χ2v) is 7.03. The van der Waals surface area contributed by atoms with Crippen LogP contribution in [0.3, 0.4) is 0 Å². The van der Waals surface area contributed by atoms with Crippen molar-refractivity contribution in [3.63, 3.8) is 0 Å². The number of Topliss-reactive ketones (excluding diaryl/α,β-unsaturated/α-hetero) is 2. The SMILES string of the molecule is Cc1ccc2c(c1)C(=O)CCC21CCC(=O)c2ccc(C)cc21. The van der Waals surface area contributed by atoms with E-state index in [4.69, 9.17) is 0 Å². The van der Waals surface area contributed by atoms with Crippen molar-refractivity contribution in [2.24, 2.45) is 0 Å². The third-order valence-corrected chi connectivity index (χ3v) is 5.54. The molecule has 0 radical (unpaired) electrons. The van der Waals surface area contributed by atoms with Crippen molar-refractivity contribution in [1.29, 1.82) is 0 Å². The van der Waals surface area contributed by atoms with E-state index in [0.717, 1.165) is 40.7 Å². The van der Waals surface area contributed by atoms with Crippen molar-refractivity contribution in [2.45, 2.75) is 44.9 Å². The van der Waals surface area contributed by atoms with E-state index in [9.17, 15) is 9.59 Å². The first kappa shape index (κ1) is 14.4. The Kier molecular flexibility index (Phi) is 3.06. The van der Waals surface area contributed by atoms with Gasteiger partial charge in [0.15, 0.2) is 11.6 Å². The normalized spacial score (nSPS) is 22.9. The van der Waals surface area contributed by atoms with Crippen molar-refractivity contribution >= 4 is 11.6 Å². The van der Waals surface area contributed by atoms with Gasteiger partial charge < -0.3 is 0 Å². The lowest BCUT2D eigenvalue weighted by Crippen LogP contribution is -2.39. The highest BCUT2D eigenvalue weighted by Gasteiger charge is 2.45. The Morgan fingerprint density at radius 1 is 0.739 bits per heavy atom. The zero-order chi connectivity index (χ0) is 16.2. The first-order chi connectivity index (χ1) is 11.0. The Labute approximate surface area is 136 Å². The summed E-state index contributed by atoms with van der Waals surface area (Å²) >= 11 is 0. The first-order valence-electron chi connectivity index (χ1n) is 8.30. The molecule has 1 spiro atoms. The van der Waals surface area contributed by atoms with Crippen LogP contribution in [-0.4, -0.2) is 11.6 Å². The molecule has 0 heterocycles. The molecule has 4 rings (SSSR count). The van der Waals surface area contributed by atoms with Gasteiger partial charge in [0, 0.05) is 29.4 Å². The Bertz CT molecular complexity index is 843. The average Bonchev–Trinajstić information content (AvgIpc) is 2.54. The molecular weight excluding hydrogens is 284 g/mol. The van der Waals surface area contributed by atoms with Gasteiger partial charge in [-0.15, -0.1) is 0 Å². The minimum atomic E-state index is -0.174. The topological polar surface area (TPSA) is 34.1 Å². The summed E-state index contributed by atoms with van der Waals surface area (Å²) in [6, 6.07) is 12.4. The fourth-order valence-electron chi connectivity index (χ4n) is 4.34. The van der Waals surface area contributed by atoms with Gasteiger partial charge in [-0.05, 0) is 43.9 Å². The summed E-state index contributed by atoms with van der Waals surface area (Å²) in [5.41, 5.74) is 6.08. The third-order valence-electron chi connectivity index (χ3n) is 5.54. The number of carbonyl (C=O) groups is 2. The molecule has 0 aromatic heterocycles. The molecule has 0 aliphatic heterocycles. The number of hydrogen-bond donors (Lipinski definition) is 0. The van der Waals surface area contributed by atoms with E-state index >= 15 is 0 Å². The summed E-state index contributed by atoms with van der Waals surface area (Å²) in [7, 11) is 0. The smallest absolute Gasteiger partial charge is 0.163 e. The first-order valence-corrected chi connectivity index (χ1v) is 8.30. The predicted octanol–water partition coefficient (Wildman–Crippen LogP) is 4.54. The predicted molar refractivity (Wildman–Crippen MR) is 90.3 cm³/mol. The standard InChI is InChI=1S/C21H20O2/c1-13-4-6-17-16(11-13)20(23)8-10-21(17)9-7-19(22)15-5-3-14(2)12-18(15)21/h3-6,11-12H,7-10H2,1-2H3. The number of hydrogen-bond acceptors (Lipinski definition) is 2. The molecule has 1 unspecified atom stereocenters. The Balaban J connectivity index is 2.02. The fraction of sp³-hybridized carbons (Fsp3) is 0.333. The lowest BCUT2D eigenvalue weighted by atomic mass is 9.59. The average molecular weight is 304 g/mol. The summed E-state index contributed by atoms with van der Waals surface area (Å²) in [5.74, 6) is 0.469. The maximum absolute atomic E-state index is 12.4. The van der Waals surface area contributed by atoms with Gasteiger partial charge in [0.25, 0.3) is 0 Å². The van der Waals surface area contributed by atoms with Crippen molar-refractivity contribution in [1.82, 2.24) is 0 Å². The van der Waals surface area contributed by atoms with Gasteiger partial charge >= 0.3 is 0 Å². The molecule has 0 bridgehead atoms. The van der Waals surface area contributed by atoms with Crippen LogP contribution in [0, 0.1) is 13.8 Å². The second-order valence-electron chi connectivity index (χ2n) is 7.03. The van der Waals surface area contributed by atoms with E-state index in [1.807, 2.05) is 25.1 Å². The molecule has 2 aliphatic rings. The molecule has 23 heavy (non-hydrogen) atoms. The van der Waals surface area contributed by atoms with E-state index in [1.54, 1.807) is 0 Å². The number of carbonyl (C=O) groups excluding carboxylic acids is 2. The van der Waals surface area contributed by atoms with Gasteiger partial charge in [0.1, 0.15) is 0 Å². The number of ketones is 2. The van der Waals surface area contributed by atoms with Gasteiger partial charge in [0.05, 0.1) is 0 Å². The van der Waals surface area contributed by atoms with E-state index in [-0.39, 0.29) is 17.0 Å². The lowest BCUT2D eigenvalue weighted by Gasteiger charge is -2.43. The molecule has 2 aromatic rings. The zero-order valence-electron chi connectivity index (χ0n) is 13.6. The highest BCUT2D eigenvalue weighted by Crippen LogP contribution is 2.50. The van der Waals surface area contributed by atoms with Crippen molar-refractivity contribution in [3.05, 3.63) is 69.8 Å². The molecule has 0 amide bonds. The van der Waals surface area contributed by atoms with Crippen LogP contribution in [0.1, 0.15) is 68.7 Å². The molecular formula is C21H20O2.